The van der Waals surface area contributed by atoms with Crippen molar-refractivity contribution in [1.29, 1.82) is 0 Å². The Balaban J connectivity index is 2.29. The summed E-state index contributed by atoms with van der Waals surface area (Å²) in [6.45, 7) is 2.90. The van der Waals surface area contributed by atoms with Gasteiger partial charge in [0.15, 0.2) is 0 Å². The van der Waals surface area contributed by atoms with Gasteiger partial charge in [0.05, 0.1) is 10.7 Å². The van der Waals surface area contributed by atoms with Crippen molar-refractivity contribution in [3.8, 4) is 0 Å². The molecule has 2 rings (SSSR count). The monoisotopic (exact) mass is 306 g/mol. The van der Waals surface area contributed by atoms with Crippen LogP contribution in [0.4, 0.5) is 23.5 Å². The number of nitrogens with one attached hydrogen (secondary N) is 2. The van der Waals surface area contributed by atoms with E-state index in [0.29, 0.717) is 22.9 Å². The molecule has 0 saturated heterocycles. The summed E-state index contributed by atoms with van der Waals surface area (Å²) in [5, 5.41) is 6.91. The van der Waals surface area contributed by atoms with Crippen LogP contribution < -0.4 is 15.5 Å². The molecule has 0 aliphatic heterocycles. The molecule has 112 valence electrons. The first-order valence-electron chi connectivity index (χ1n) is 6.79. The van der Waals surface area contributed by atoms with Gasteiger partial charge in [-0.05, 0) is 18.6 Å². The number of nitrogens with zero attached hydrogens (tertiary/aromatic N) is 4. The van der Waals surface area contributed by atoms with Crippen LogP contribution in [0.25, 0.3) is 0 Å². The summed E-state index contributed by atoms with van der Waals surface area (Å²) in [6, 6.07) is 7.47. The molecule has 2 N–H and O–H groups in total. The minimum absolute atomic E-state index is 0.459. The summed E-state index contributed by atoms with van der Waals surface area (Å²) in [5.41, 5.74) is 0.761. The highest BCUT2D eigenvalue weighted by atomic mass is 35.5. The third-order valence-corrected chi connectivity index (χ3v) is 3.01. The predicted molar refractivity (Wildman–Crippen MR) is 87.7 cm³/mol. The second-order valence-corrected chi connectivity index (χ2v) is 5.12. The number of para-hydroxylation sites is 1. The van der Waals surface area contributed by atoms with Crippen molar-refractivity contribution in [2.24, 2.45) is 0 Å². The zero-order chi connectivity index (χ0) is 15.2. The summed E-state index contributed by atoms with van der Waals surface area (Å²) < 4.78 is 0. The highest BCUT2D eigenvalue weighted by Gasteiger charge is 2.09. The normalized spacial score (nSPS) is 10.3. The zero-order valence-electron chi connectivity index (χ0n) is 12.4. The topological polar surface area (TPSA) is 66.0 Å². The molecule has 1 aromatic heterocycles. The van der Waals surface area contributed by atoms with Gasteiger partial charge < -0.3 is 15.5 Å². The number of benzene rings is 1. The van der Waals surface area contributed by atoms with E-state index in [1.54, 1.807) is 0 Å². The van der Waals surface area contributed by atoms with Crippen LogP contribution in [0.1, 0.15) is 13.3 Å². The van der Waals surface area contributed by atoms with Crippen molar-refractivity contribution in [1.82, 2.24) is 15.0 Å². The first-order chi connectivity index (χ1) is 10.1. The summed E-state index contributed by atoms with van der Waals surface area (Å²) in [4.78, 5) is 14.9. The molecule has 0 amide bonds. The summed E-state index contributed by atoms with van der Waals surface area (Å²) in [5.74, 6) is 1.59. The van der Waals surface area contributed by atoms with Gasteiger partial charge in [-0.2, -0.15) is 15.0 Å². The summed E-state index contributed by atoms with van der Waals surface area (Å²) in [7, 11) is 3.77. The average molecular weight is 307 g/mol. The van der Waals surface area contributed by atoms with E-state index in [-0.39, 0.29) is 0 Å². The summed E-state index contributed by atoms with van der Waals surface area (Å²) in [6.07, 6.45) is 0.996. The highest BCUT2D eigenvalue weighted by Crippen LogP contribution is 2.24. The maximum absolute atomic E-state index is 6.14. The smallest absolute Gasteiger partial charge is 0.233 e. The molecular weight excluding hydrogens is 288 g/mol. The van der Waals surface area contributed by atoms with E-state index in [1.165, 1.54) is 0 Å². The fraction of sp³-hybridized carbons (Fsp3) is 0.357. The van der Waals surface area contributed by atoms with E-state index < -0.39 is 0 Å². The molecule has 0 aliphatic rings. The number of rotatable bonds is 6. The van der Waals surface area contributed by atoms with Crippen molar-refractivity contribution in [2.45, 2.75) is 13.3 Å². The van der Waals surface area contributed by atoms with Crippen LogP contribution in [0, 0.1) is 0 Å². The SMILES string of the molecule is CCCNc1nc(Nc2ccccc2Cl)nc(N(C)C)n1. The lowest BCUT2D eigenvalue weighted by Gasteiger charge is -2.14. The lowest BCUT2D eigenvalue weighted by atomic mass is 10.3. The van der Waals surface area contributed by atoms with Crippen LogP contribution in [-0.4, -0.2) is 35.6 Å². The molecule has 2 aromatic rings. The minimum atomic E-state index is 0.459. The third kappa shape index (κ3) is 4.19. The molecule has 7 heteroatoms. The molecule has 0 fully saturated rings. The number of anilines is 4. The molecule has 0 atom stereocenters. The van der Waals surface area contributed by atoms with Crippen LogP contribution in [-0.2, 0) is 0 Å². The van der Waals surface area contributed by atoms with E-state index in [2.05, 4.69) is 32.5 Å². The van der Waals surface area contributed by atoms with Crippen LogP contribution in [0.3, 0.4) is 0 Å². The second-order valence-electron chi connectivity index (χ2n) is 4.71. The van der Waals surface area contributed by atoms with E-state index in [4.69, 9.17) is 11.6 Å². The van der Waals surface area contributed by atoms with Gasteiger partial charge in [0, 0.05) is 20.6 Å². The molecular formula is C14H19ClN6. The predicted octanol–water partition coefficient (Wildman–Crippen LogP) is 3.16. The number of hydrogen-bond donors (Lipinski definition) is 2. The quantitative estimate of drug-likeness (QED) is 0.854. The molecule has 1 aromatic carbocycles. The Morgan fingerprint density at radius 3 is 2.48 bits per heavy atom. The van der Waals surface area contributed by atoms with Gasteiger partial charge in [-0.1, -0.05) is 30.7 Å². The lowest BCUT2D eigenvalue weighted by Crippen LogP contribution is -2.16. The minimum Gasteiger partial charge on any atom is -0.354 e. The largest absolute Gasteiger partial charge is 0.354 e. The molecule has 1 heterocycles. The highest BCUT2D eigenvalue weighted by molar-refractivity contribution is 6.33. The van der Waals surface area contributed by atoms with Gasteiger partial charge in [-0.3, -0.25) is 0 Å². The lowest BCUT2D eigenvalue weighted by molar-refractivity contribution is 0.919. The molecule has 0 radical (unpaired) electrons. The third-order valence-electron chi connectivity index (χ3n) is 2.68. The van der Waals surface area contributed by atoms with Gasteiger partial charge in [0.1, 0.15) is 0 Å². The Hall–Kier alpha value is -2.08. The molecule has 0 bridgehead atoms. The molecule has 6 nitrogen and oxygen atoms in total. The van der Waals surface area contributed by atoms with Crippen molar-refractivity contribution >= 4 is 35.1 Å². The number of hydrogen-bond acceptors (Lipinski definition) is 6. The Labute approximate surface area is 129 Å². The fourth-order valence-electron chi connectivity index (χ4n) is 1.62. The fourth-order valence-corrected chi connectivity index (χ4v) is 1.80. The first kappa shape index (κ1) is 15.3. The first-order valence-corrected chi connectivity index (χ1v) is 7.16. The molecule has 21 heavy (non-hydrogen) atoms. The Bertz CT molecular complexity index is 602. The van der Waals surface area contributed by atoms with Crippen LogP contribution >= 0.6 is 11.6 Å². The number of halogens is 1. The van der Waals surface area contributed by atoms with E-state index in [9.17, 15) is 0 Å². The van der Waals surface area contributed by atoms with Crippen LogP contribution in [0.15, 0.2) is 24.3 Å². The van der Waals surface area contributed by atoms with E-state index in [1.807, 2.05) is 43.3 Å². The van der Waals surface area contributed by atoms with Gasteiger partial charge in [-0.25, -0.2) is 0 Å². The van der Waals surface area contributed by atoms with Gasteiger partial charge in [0.25, 0.3) is 0 Å². The Morgan fingerprint density at radius 2 is 1.81 bits per heavy atom. The maximum atomic E-state index is 6.14. The summed E-state index contributed by atoms with van der Waals surface area (Å²) >= 11 is 6.14. The maximum Gasteiger partial charge on any atom is 0.233 e. The van der Waals surface area contributed by atoms with Gasteiger partial charge >= 0.3 is 0 Å². The Morgan fingerprint density at radius 1 is 1.10 bits per heavy atom. The van der Waals surface area contributed by atoms with Crippen molar-refractivity contribution in [3.05, 3.63) is 29.3 Å². The number of aromatic nitrogens is 3. The molecule has 0 spiro atoms. The van der Waals surface area contributed by atoms with Gasteiger partial charge in [-0.15, -0.1) is 0 Å². The van der Waals surface area contributed by atoms with Crippen molar-refractivity contribution in [2.75, 3.05) is 36.2 Å². The van der Waals surface area contributed by atoms with E-state index >= 15 is 0 Å². The van der Waals surface area contributed by atoms with Crippen LogP contribution in [0.2, 0.25) is 5.02 Å². The zero-order valence-corrected chi connectivity index (χ0v) is 13.1. The molecule has 0 saturated carbocycles. The molecule has 0 unspecified atom stereocenters. The van der Waals surface area contributed by atoms with E-state index in [0.717, 1.165) is 18.7 Å². The molecule has 0 aliphatic carbocycles. The van der Waals surface area contributed by atoms with Crippen LogP contribution in [0.5, 0.6) is 0 Å². The Kier molecular flexibility index (Phi) is 5.16. The van der Waals surface area contributed by atoms with Gasteiger partial charge in [0.2, 0.25) is 17.8 Å². The van der Waals surface area contributed by atoms with Crippen molar-refractivity contribution in [3.63, 3.8) is 0 Å². The standard InChI is InChI=1S/C14H19ClN6/c1-4-9-16-12-18-13(20-14(19-12)21(2)3)17-11-8-6-5-7-10(11)15/h5-8H,4,9H2,1-3H3,(H2,16,17,18,19,20). The average Bonchev–Trinajstić information content (AvgIpc) is 2.47. The second kappa shape index (κ2) is 7.08. The van der Waals surface area contributed by atoms with Crippen molar-refractivity contribution < 1.29 is 0 Å².